The average Bonchev–Trinajstić information content (AvgIpc) is 2.57. The van der Waals surface area contributed by atoms with Gasteiger partial charge in [-0.3, -0.25) is 9.59 Å². The highest BCUT2D eigenvalue weighted by atomic mass is 16.5. The third-order valence-corrected chi connectivity index (χ3v) is 5.72. The zero-order chi connectivity index (χ0) is 17.0. The molecular formula is C19H25NO4. The fourth-order valence-corrected chi connectivity index (χ4v) is 3.83. The van der Waals surface area contributed by atoms with E-state index in [0.717, 1.165) is 19.3 Å². The summed E-state index contributed by atoms with van der Waals surface area (Å²) >= 11 is 0. The highest BCUT2D eigenvalue weighted by Crippen LogP contribution is 2.44. The molecule has 1 saturated carbocycles. The predicted octanol–water partition coefficient (Wildman–Crippen LogP) is 2.50. The first-order valence-corrected chi connectivity index (χ1v) is 8.70. The largest absolute Gasteiger partial charge is 0.481 e. The average molecular weight is 331 g/mol. The Labute approximate surface area is 142 Å². The molecule has 24 heavy (non-hydrogen) atoms. The first-order valence-electron chi connectivity index (χ1n) is 8.70. The van der Waals surface area contributed by atoms with Crippen molar-refractivity contribution in [3.05, 3.63) is 35.9 Å². The highest BCUT2D eigenvalue weighted by Gasteiger charge is 2.46. The number of carboxylic acids is 1. The van der Waals surface area contributed by atoms with Crippen molar-refractivity contribution in [3.8, 4) is 0 Å². The van der Waals surface area contributed by atoms with E-state index in [1.807, 2.05) is 18.2 Å². The second-order valence-electron chi connectivity index (χ2n) is 7.15. The number of carbonyl (C=O) groups excluding carboxylic acids is 1. The maximum absolute atomic E-state index is 12.4. The summed E-state index contributed by atoms with van der Waals surface area (Å²) in [4.78, 5) is 23.8. The molecule has 0 atom stereocenters. The van der Waals surface area contributed by atoms with Crippen LogP contribution < -0.4 is 5.32 Å². The van der Waals surface area contributed by atoms with Gasteiger partial charge in [-0.1, -0.05) is 36.8 Å². The minimum absolute atomic E-state index is 0.0870. The minimum atomic E-state index is -0.840. The van der Waals surface area contributed by atoms with E-state index in [-0.39, 0.29) is 17.7 Å². The van der Waals surface area contributed by atoms with Crippen LogP contribution in [0.4, 0.5) is 0 Å². The van der Waals surface area contributed by atoms with Crippen LogP contribution >= 0.6 is 0 Å². The lowest BCUT2D eigenvalue weighted by Gasteiger charge is -2.39. The van der Waals surface area contributed by atoms with Gasteiger partial charge in [0.05, 0.1) is 5.41 Å². The highest BCUT2D eigenvalue weighted by molar-refractivity contribution is 5.85. The number of hydrogen-bond donors (Lipinski definition) is 2. The van der Waals surface area contributed by atoms with E-state index in [9.17, 15) is 14.7 Å². The Balaban J connectivity index is 1.66. The fourth-order valence-electron chi connectivity index (χ4n) is 3.83. The number of nitrogens with one attached hydrogen (secondary N) is 1. The molecule has 3 rings (SSSR count). The summed E-state index contributed by atoms with van der Waals surface area (Å²) in [5.41, 5.74) is 0.260. The van der Waals surface area contributed by atoms with Crippen LogP contribution in [0.15, 0.2) is 30.3 Å². The van der Waals surface area contributed by atoms with Crippen molar-refractivity contribution in [2.75, 3.05) is 19.8 Å². The summed E-state index contributed by atoms with van der Waals surface area (Å²) in [5.74, 6) is -0.994. The van der Waals surface area contributed by atoms with E-state index >= 15 is 0 Å². The van der Waals surface area contributed by atoms with Gasteiger partial charge in [-0.2, -0.15) is 0 Å². The smallest absolute Gasteiger partial charge is 0.310 e. The summed E-state index contributed by atoms with van der Waals surface area (Å²) in [6.07, 6.45) is 3.91. The van der Waals surface area contributed by atoms with E-state index in [1.165, 1.54) is 5.56 Å². The monoisotopic (exact) mass is 331 g/mol. The first-order chi connectivity index (χ1) is 11.6. The predicted molar refractivity (Wildman–Crippen MR) is 89.7 cm³/mol. The van der Waals surface area contributed by atoms with Gasteiger partial charge in [0, 0.05) is 31.6 Å². The molecule has 1 aromatic carbocycles. The Bertz CT molecular complexity index is 589. The molecular weight excluding hydrogens is 306 g/mol. The van der Waals surface area contributed by atoms with Crippen LogP contribution in [0, 0.1) is 5.41 Å². The molecule has 1 amide bonds. The summed E-state index contributed by atoms with van der Waals surface area (Å²) in [6, 6.07) is 10.2. The molecule has 0 radical (unpaired) electrons. The Hall–Kier alpha value is -1.88. The Morgan fingerprint density at radius 3 is 2.29 bits per heavy atom. The normalized spacial score (nSPS) is 21.5. The molecule has 130 valence electrons. The maximum atomic E-state index is 12.4. The molecule has 2 aliphatic rings. The van der Waals surface area contributed by atoms with Crippen LogP contribution in [0.25, 0.3) is 0 Å². The van der Waals surface area contributed by atoms with E-state index in [0.29, 0.717) is 32.6 Å². The van der Waals surface area contributed by atoms with Gasteiger partial charge in [0.15, 0.2) is 0 Å². The molecule has 0 aromatic heterocycles. The van der Waals surface area contributed by atoms with Crippen molar-refractivity contribution in [1.29, 1.82) is 0 Å². The van der Waals surface area contributed by atoms with Crippen LogP contribution in [0.5, 0.6) is 0 Å². The summed E-state index contributed by atoms with van der Waals surface area (Å²) in [6.45, 7) is 1.91. The molecule has 1 aromatic rings. The minimum Gasteiger partial charge on any atom is -0.481 e. The second-order valence-corrected chi connectivity index (χ2v) is 7.15. The number of rotatable bonds is 6. The lowest BCUT2D eigenvalue weighted by atomic mass is 9.66. The van der Waals surface area contributed by atoms with Gasteiger partial charge in [0.25, 0.3) is 0 Å². The molecule has 2 fully saturated rings. The molecule has 5 nitrogen and oxygen atoms in total. The number of carbonyl (C=O) groups is 2. The Morgan fingerprint density at radius 2 is 1.75 bits per heavy atom. The van der Waals surface area contributed by atoms with E-state index in [4.69, 9.17) is 4.74 Å². The SMILES string of the molecule is O=C(CC1(C(=O)O)CCC1)NCC1(c2ccccc2)CCOCC1. The van der Waals surface area contributed by atoms with Gasteiger partial charge in [-0.25, -0.2) is 0 Å². The molecule has 1 aliphatic heterocycles. The zero-order valence-corrected chi connectivity index (χ0v) is 13.9. The topological polar surface area (TPSA) is 75.6 Å². The fraction of sp³-hybridized carbons (Fsp3) is 0.579. The van der Waals surface area contributed by atoms with E-state index in [1.54, 1.807) is 0 Å². The number of aliphatic carboxylic acids is 1. The third-order valence-electron chi connectivity index (χ3n) is 5.72. The van der Waals surface area contributed by atoms with Gasteiger partial charge < -0.3 is 15.2 Å². The lowest BCUT2D eigenvalue weighted by molar-refractivity contribution is -0.157. The molecule has 0 bridgehead atoms. The van der Waals surface area contributed by atoms with Gasteiger partial charge in [0.2, 0.25) is 5.91 Å². The van der Waals surface area contributed by atoms with Gasteiger partial charge >= 0.3 is 5.97 Å². The van der Waals surface area contributed by atoms with E-state index < -0.39 is 11.4 Å². The zero-order valence-electron chi connectivity index (χ0n) is 13.9. The van der Waals surface area contributed by atoms with Crippen molar-refractivity contribution in [1.82, 2.24) is 5.32 Å². The molecule has 1 aliphatic carbocycles. The number of ether oxygens (including phenoxy) is 1. The Kier molecular flexibility index (Phi) is 4.90. The number of hydrogen-bond acceptors (Lipinski definition) is 3. The van der Waals surface area contributed by atoms with Gasteiger partial charge in [-0.15, -0.1) is 0 Å². The van der Waals surface area contributed by atoms with Gasteiger partial charge in [-0.05, 0) is 31.2 Å². The number of benzene rings is 1. The van der Waals surface area contributed by atoms with Crippen LogP contribution in [-0.4, -0.2) is 36.7 Å². The van der Waals surface area contributed by atoms with Crippen molar-refractivity contribution in [3.63, 3.8) is 0 Å². The number of carboxylic acid groups (broad SMARTS) is 1. The summed E-state index contributed by atoms with van der Waals surface area (Å²) in [7, 11) is 0. The van der Waals surface area contributed by atoms with Crippen molar-refractivity contribution in [2.24, 2.45) is 5.41 Å². The van der Waals surface area contributed by atoms with Crippen molar-refractivity contribution < 1.29 is 19.4 Å². The molecule has 2 N–H and O–H groups in total. The molecule has 5 heteroatoms. The maximum Gasteiger partial charge on any atom is 0.310 e. The molecule has 1 saturated heterocycles. The van der Waals surface area contributed by atoms with Crippen LogP contribution in [0.3, 0.4) is 0 Å². The number of amides is 1. The summed E-state index contributed by atoms with van der Waals surface area (Å²) in [5, 5.41) is 12.4. The standard InChI is InChI=1S/C19H25NO4/c21-16(13-18(17(22)23)7-4-8-18)20-14-19(9-11-24-12-10-19)15-5-2-1-3-6-15/h1-3,5-6H,4,7-14H2,(H,20,21)(H,22,23). The molecule has 0 unspecified atom stereocenters. The Morgan fingerprint density at radius 1 is 1.08 bits per heavy atom. The van der Waals surface area contributed by atoms with Gasteiger partial charge in [0.1, 0.15) is 0 Å². The second kappa shape index (κ2) is 6.93. The van der Waals surface area contributed by atoms with Crippen molar-refractivity contribution in [2.45, 2.75) is 43.9 Å². The van der Waals surface area contributed by atoms with Crippen molar-refractivity contribution >= 4 is 11.9 Å². The quantitative estimate of drug-likeness (QED) is 0.840. The van der Waals surface area contributed by atoms with Crippen LogP contribution in [0.1, 0.15) is 44.1 Å². The lowest BCUT2D eigenvalue weighted by Crippen LogP contribution is -2.47. The van der Waals surface area contributed by atoms with E-state index in [2.05, 4.69) is 17.4 Å². The summed E-state index contributed by atoms with van der Waals surface area (Å²) < 4.78 is 5.50. The molecule has 0 spiro atoms. The third kappa shape index (κ3) is 3.31. The van der Waals surface area contributed by atoms with Crippen LogP contribution in [-0.2, 0) is 19.7 Å². The van der Waals surface area contributed by atoms with Crippen LogP contribution in [0.2, 0.25) is 0 Å². The first kappa shape index (κ1) is 17.0. The molecule has 1 heterocycles.